The van der Waals surface area contributed by atoms with E-state index in [0.29, 0.717) is 19.2 Å². The third-order valence-corrected chi connectivity index (χ3v) is 5.50. The first-order valence-corrected chi connectivity index (χ1v) is 10.6. The molecule has 2 aromatic rings. The second kappa shape index (κ2) is 11.0. The predicted molar refractivity (Wildman–Crippen MR) is 118 cm³/mol. The minimum Gasteiger partial charge on any atom is -0.494 e. The molecular formula is C24H33N3O2. The van der Waals surface area contributed by atoms with Gasteiger partial charge in [0.2, 0.25) is 5.91 Å². The third-order valence-electron chi connectivity index (χ3n) is 5.50. The lowest BCUT2D eigenvalue weighted by molar-refractivity contribution is -0.117. The smallest absolute Gasteiger partial charge is 0.238 e. The molecule has 0 spiro atoms. The fraction of sp³-hybridized carbons (Fsp3) is 0.458. The number of carbonyl (C=O) groups is 1. The minimum atomic E-state index is 0.0465. The molecule has 5 nitrogen and oxygen atoms in total. The Morgan fingerprint density at radius 1 is 1.10 bits per heavy atom. The third kappa shape index (κ3) is 6.87. The number of nitrogens with one attached hydrogen (secondary N) is 1. The van der Waals surface area contributed by atoms with Gasteiger partial charge in [-0.05, 0) is 69.6 Å². The minimum absolute atomic E-state index is 0.0465. The van der Waals surface area contributed by atoms with Crippen molar-refractivity contribution in [1.29, 1.82) is 0 Å². The van der Waals surface area contributed by atoms with Gasteiger partial charge in [0.05, 0.1) is 13.2 Å². The van der Waals surface area contributed by atoms with Crippen molar-refractivity contribution in [3.63, 3.8) is 0 Å². The van der Waals surface area contributed by atoms with Crippen LogP contribution < -0.4 is 10.1 Å². The van der Waals surface area contributed by atoms with Crippen LogP contribution in [0.15, 0.2) is 54.6 Å². The Morgan fingerprint density at radius 2 is 1.86 bits per heavy atom. The standard InChI is InChI=1S/C24H33N3O2/c1-3-29-23-13-11-21(12-14-23)25-24(28)19-27-16-7-10-22(15-17-27)26(2)18-20-8-5-4-6-9-20/h4-6,8-9,11-14,22H,3,7,10,15-19H2,1-2H3,(H,25,28). The Balaban J connectivity index is 1.44. The number of amides is 1. The topological polar surface area (TPSA) is 44.8 Å². The number of likely N-dealkylation sites (tertiary alicyclic amines) is 1. The Bertz CT molecular complexity index is 748. The van der Waals surface area contributed by atoms with Crippen molar-refractivity contribution in [2.24, 2.45) is 0 Å². The summed E-state index contributed by atoms with van der Waals surface area (Å²) in [7, 11) is 2.21. The summed E-state index contributed by atoms with van der Waals surface area (Å²) in [5.41, 5.74) is 2.17. The Kier molecular flexibility index (Phi) is 8.08. The number of benzene rings is 2. The van der Waals surface area contributed by atoms with Gasteiger partial charge in [-0.25, -0.2) is 0 Å². The molecule has 3 rings (SSSR count). The molecule has 2 aromatic carbocycles. The zero-order valence-electron chi connectivity index (χ0n) is 17.6. The van der Waals surface area contributed by atoms with Gasteiger partial charge in [-0.1, -0.05) is 30.3 Å². The fourth-order valence-corrected chi connectivity index (χ4v) is 3.94. The van der Waals surface area contributed by atoms with E-state index in [0.717, 1.165) is 43.9 Å². The number of hydrogen-bond acceptors (Lipinski definition) is 4. The maximum atomic E-state index is 12.5. The van der Waals surface area contributed by atoms with Crippen molar-refractivity contribution in [3.05, 3.63) is 60.2 Å². The first-order chi connectivity index (χ1) is 14.1. The SMILES string of the molecule is CCOc1ccc(NC(=O)CN2CCCC(N(C)Cc3ccccc3)CC2)cc1. The molecule has 0 bridgehead atoms. The molecule has 1 aliphatic heterocycles. The highest BCUT2D eigenvalue weighted by atomic mass is 16.5. The van der Waals surface area contributed by atoms with E-state index >= 15 is 0 Å². The lowest BCUT2D eigenvalue weighted by atomic mass is 10.1. The zero-order valence-corrected chi connectivity index (χ0v) is 17.6. The quantitative estimate of drug-likeness (QED) is 0.734. The van der Waals surface area contributed by atoms with Crippen LogP contribution in [0.3, 0.4) is 0 Å². The van der Waals surface area contributed by atoms with E-state index in [9.17, 15) is 4.79 Å². The summed E-state index contributed by atoms with van der Waals surface area (Å²) in [6.07, 6.45) is 3.40. The van der Waals surface area contributed by atoms with E-state index in [2.05, 4.69) is 52.5 Å². The maximum absolute atomic E-state index is 12.5. The molecule has 1 atom stereocenters. The monoisotopic (exact) mass is 395 g/mol. The first-order valence-electron chi connectivity index (χ1n) is 10.6. The van der Waals surface area contributed by atoms with Gasteiger partial charge in [-0.2, -0.15) is 0 Å². The highest BCUT2D eigenvalue weighted by Gasteiger charge is 2.21. The second-order valence-corrected chi connectivity index (χ2v) is 7.77. The highest BCUT2D eigenvalue weighted by Crippen LogP contribution is 2.19. The summed E-state index contributed by atoms with van der Waals surface area (Å²) < 4.78 is 5.44. The molecule has 0 saturated carbocycles. The highest BCUT2D eigenvalue weighted by molar-refractivity contribution is 5.92. The van der Waals surface area contributed by atoms with Crippen LogP contribution in [0.25, 0.3) is 0 Å². The van der Waals surface area contributed by atoms with E-state index in [4.69, 9.17) is 4.74 Å². The van der Waals surface area contributed by atoms with Crippen LogP contribution in [0.2, 0.25) is 0 Å². The van der Waals surface area contributed by atoms with E-state index < -0.39 is 0 Å². The van der Waals surface area contributed by atoms with Crippen molar-refractivity contribution >= 4 is 11.6 Å². The molecule has 5 heteroatoms. The average Bonchev–Trinajstić information content (AvgIpc) is 2.96. The van der Waals surface area contributed by atoms with Crippen LogP contribution >= 0.6 is 0 Å². The van der Waals surface area contributed by atoms with Crippen LogP contribution in [0.1, 0.15) is 31.7 Å². The van der Waals surface area contributed by atoms with Gasteiger partial charge in [-0.15, -0.1) is 0 Å². The van der Waals surface area contributed by atoms with Crippen LogP contribution in [-0.2, 0) is 11.3 Å². The van der Waals surface area contributed by atoms with Crippen molar-refractivity contribution < 1.29 is 9.53 Å². The molecule has 1 N–H and O–H groups in total. The Labute approximate surface area is 174 Å². The van der Waals surface area contributed by atoms with Crippen molar-refractivity contribution in [2.75, 3.05) is 38.6 Å². The number of nitrogens with zero attached hydrogens (tertiary/aromatic N) is 2. The van der Waals surface area contributed by atoms with E-state index in [1.807, 2.05) is 31.2 Å². The van der Waals surface area contributed by atoms with Crippen molar-refractivity contribution in [1.82, 2.24) is 9.80 Å². The van der Waals surface area contributed by atoms with Crippen molar-refractivity contribution in [3.8, 4) is 5.75 Å². The van der Waals surface area contributed by atoms with E-state index in [1.54, 1.807) is 0 Å². The van der Waals surface area contributed by atoms with Crippen LogP contribution in [0, 0.1) is 0 Å². The summed E-state index contributed by atoms with van der Waals surface area (Å²) in [5, 5.41) is 3.00. The normalized spacial score (nSPS) is 17.7. The van der Waals surface area contributed by atoms with Gasteiger partial charge >= 0.3 is 0 Å². The Hall–Kier alpha value is -2.37. The lowest BCUT2D eigenvalue weighted by Crippen LogP contribution is -2.35. The molecule has 29 heavy (non-hydrogen) atoms. The Morgan fingerprint density at radius 3 is 2.59 bits per heavy atom. The molecular weight excluding hydrogens is 362 g/mol. The first kappa shape index (κ1) is 21.3. The molecule has 1 aliphatic rings. The fourth-order valence-electron chi connectivity index (χ4n) is 3.94. The molecule has 1 amide bonds. The number of carbonyl (C=O) groups excluding carboxylic acids is 1. The summed E-state index contributed by atoms with van der Waals surface area (Å²) in [6.45, 7) is 5.96. The van der Waals surface area contributed by atoms with E-state index in [-0.39, 0.29) is 5.91 Å². The van der Waals surface area contributed by atoms with Crippen LogP contribution in [0.4, 0.5) is 5.69 Å². The molecule has 0 radical (unpaired) electrons. The molecule has 1 fully saturated rings. The summed E-state index contributed by atoms with van der Waals surface area (Å²) in [4.78, 5) is 17.2. The summed E-state index contributed by atoms with van der Waals surface area (Å²) >= 11 is 0. The number of ether oxygens (including phenoxy) is 1. The van der Waals surface area contributed by atoms with Gasteiger partial charge in [-0.3, -0.25) is 14.6 Å². The predicted octanol–water partition coefficient (Wildman–Crippen LogP) is 4.01. The molecule has 1 unspecified atom stereocenters. The van der Waals surface area contributed by atoms with Crippen molar-refractivity contribution in [2.45, 2.75) is 38.8 Å². The van der Waals surface area contributed by atoms with Gasteiger partial charge in [0, 0.05) is 24.8 Å². The van der Waals surface area contributed by atoms with Crippen LogP contribution in [0.5, 0.6) is 5.75 Å². The molecule has 1 saturated heterocycles. The largest absolute Gasteiger partial charge is 0.494 e. The second-order valence-electron chi connectivity index (χ2n) is 7.77. The molecule has 0 aromatic heterocycles. The lowest BCUT2D eigenvalue weighted by Gasteiger charge is -2.27. The van der Waals surface area contributed by atoms with E-state index in [1.165, 1.54) is 12.0 Å². The van der Waals surface area contributed by atoms with Crippen LogP contribution in [-0.4, -0.2) is 55.0 Å². The zero-order chi connectivity index (χ0) is 20.5. The van der Waals surface area contributed by atoms with Gasteiger partial charge < -0.3 is 10.1 Å². The molecule has 156 valence electrons. The number of anilines is 1. The molecule has 1 heterocycles. The summed E-state index contributed by atoms with van der Waals surface area (Å²) in [5.74, 6) is 0.869. The average molecular weight is 396 g/mol. The maximum Gasteiger partial charge on any atom is 0.238 e. The number of rotatable bonds is 8. The van der Waals surface area contributed by atoms with Gasteiger partial charge in [0.15, 0.2) is 0 Å². The van der Waals surface area contributed by atoms with Gasteiger partial charge in [0.25, 0.3) is 0 Å². The number of hydrogen-bond donors (Lipinski definition) is 1. The summed E-state index contributed by atoms with van der Waals surface area (Å²) in [6, 6.07) is 18.7. The van der Waals surface area contributed by atoms with Gasteiger partial charge in [0.1, 0.15) is 5.75 Å². The molecule has 0 aliphatic carbocycles.